The van der Waals surface area contributed by atoms with Crippen LogP contribution in [0, 0.1) is 0 Å². The fourth-order valence-electron chi connectivity index (χ4n) is 2.33. The number of aliphatic hydroxyl groups is 1. The molecule has 0 bridgehead atoms. The van der Waals surface area contributed by atoms with E-state index in [-0.39, 0.29) is 18.7 Å². The summed E-state index contributed by atoms with van der Waals surface area (Å²) in [5.74, 6) is 0. The highest BCUT2D eigenvalue weighted by atomic mass is 16.6. The van der Waals surface area contributed by atoms with E-state index >= 15 is 0 Å². The lowest BCUT2D eigenvalue weighted by atomic mass is 10.0. The van der Waals surface area contributed by atoms with Gasteiger partial charge in [-0.25, -0.2) is 4.79 Å². The van der Waals surface area contributed by atoms with Gasteiger partial charge < -0.3 is 25.2 Å². The van der Waals surface area contributed by atoms with Crippen LogP contribution in [0.2, 0.25) is 0 Å². The third kappa shape index (κ3) is 7.77. The average Bonchev–Trinajstić information content (AvgIpc) is 2.46. The van der Waals surface area contributed by atoms with Crippen molar-refractivity contribution in [3.8, 4) is 0 Å². The topological polar surface area (TPSA) is 79.8 Å². The van der Waals surface area contributed by atoms with Gasteiger partial charge in [0.05, 0.1) is 18.8 Å². The van der Waals surface area contributed by atoms with Crippen LogP contribution in [0.25, 0.3) is 0 Å². The smallest absolute Gasteiger partial charge is 0.407 e. The predicted molar refractivity (Wildman–Crippen MR) is 93.9 cm³/mol. The standard InChI is InChI=1S/C18H30N2O4/c1-13(20-17(22)24-18(2,3)4)16(14-9-7-6-8-10-14)19-11-15(21)12-23-5/h6-10,13,15-16,19,21H,11-12H2,1-5H3,(H,20,22). The van der Waals surface area contributed by atoms with Crippen LogP contribution < -0.4 is 10.6 Å². The summed E-state index contributed by atoms with van der Waals surface area (Å²) in [5.41, 5.74) is 0.472. The largest absolute Gasteiger partial charge is 0.444 e. The fraction of sp³-hybridized carbons (Fsp3) is 0.611. The van der Waals surface area contributed by atoms with Gasteiger partial charge >= 0.3 is 6.09 Å². The Morgan fingerprint density at radius 1 is 1.25 bits per heavy atom. The van der Waals surface area contributed by atoms with Crippen molar-refractivity contribution in [1.29, 1.82) is 0 Å². The summed E-state index contributed by atoms with van der Waals surface area (Å²) in [6, 6.07) is 9.39. The zero-order valence-electron chi connectivity index (χ0n) is 15.2. The summed E-state index contributed by atoms with van der Waals surface area (Å²) < 4.78 is 10.3. The molecule has 3 atom stereocenters. The molecule has 1 aromatic carbocycles. The molecule has 1 aromatic rings. The first-order valence-electron chi connectivity index (χ1n) is 8.17. The van der Waals surface area contributed by atoms with Gasteiger partial charge in [0.1, 0.15) is 5.60 Å². The van der Waals surface area contributed by atoms with Crippen molar-refractivity contribution in [1.82, 2.24) is 10.6 Å². The van der Waals surface area contributed by atoms with E-state index < -0.39 is 17.8 Å². The summed E-state index contributed by atoms with van der Waals surface area (Å²) in [5, 5.41) is 16.0. The first-order valence-corrected chi connectivity index (χ1v) is 8.17. The quantitative estimate of drug-likeness (QED) is 0.677. The highest BCUT2D eigenvalue weighted by Gasteiger charge is 2.24. The number of alkyl carbamates (subject to hydrolysis) is 1. The Morgan fingerprint density at radius 3 is 2.42 bits per heavy atom. The van der Waals surface area contributed by atoms with Crippen LogP contribution in [0.3, 0.4) is 0 Å². The van der Waals surface area contributed by atoms with E-state index in [9.17, 15) is 9.90 Å². The number of nitrogens with one attached hydrogen (secondary N) is 2. The molecule has 0 aliphatic carbocycles. The Balaban J connectivity index is 2.75. The van der Waals surface area contributed by atoms with Crippen molar-refractivity contribution in [3.63, 3.8) is 0 Å². The third-order valence-corrected chi connectivity index (χ3v) is 3.34. The molecule has 1 rings (SSSR count). The zero-order valence-corrected chi connectivity index (χ0v) is 15.2. The molecule has 136 valence electrons. The SMILES string of the molecule is COCC(O)CNC(c1ccccc1)C(C)NC(=O)OC(C)(C)C. The number of methoxy groups -OCH3 is 1. The molecule has 6 heteroatoms. The Labute approximate surface area is 144 Å². The summed E-state index contributed by atoms with van der Waals surface area (Å²) in [6.45, 7) is 7.98. The number of aliphatic hydroxyl groups excluding tert-OH is 1. The first-order chi connectivity index (χ1) is 11.2. The van der Waals surface area contributed by atoms with E-state index in [1.54, 1.807) is 7.11 Å². The minimum Gasteiger partial charge on any atom is -0.444 e. The van der Waals surface area contributed by atoms with Crippen molar-refractivity contribution in [2.75, 3.05) is 20.3 Å². The van der Waals surface area contributed by atoms with Crippen LogP contribution in [0.5, 0.6) is 0 Å². The minimum absolute atomic E-state index is 0.162. The number of benzene rings is 1. The van der Waals surface area contributed by atoms with Gasteiger partial charge in [0.2, 0.25) is 0 Å². The molecule has 0 aliphatic rings. The molecule has 0 fully saturated rings. The number of carbonyl (C=O) groups excluding carboxylic acids is 1. The van der Waals surface area contributed by atoms with Gasteiger partial charge in [0.15, 0.2) is 0 Å². The summed E-state index contributed by atoms with van der Waals surface area (Å²) >= 11 is 0. The van der Waals surface area contributed by atoms with Gasteiger partial charge in [-0.3, -0.25) is 0 Å². The van der Waals surface area contributed by atoms with Gasteiger partial charge in [-0.2, -0.15) is 0 Å². The third-order valence-electron chi connectivity index (χ3n) is 3.34. The highest BCUT2D eigenvalue weighted by molar-refractivity contribution is 5.68. The zero-order chi connectivity index (χ0) is 18.2. The lowest BCUT2D eigenvalue weighted by Gasteiger charge is -2.29. The molecule has 0 saturated heterocycles. The van der Waals surface area contributed by atoms with Gasteiger partial charge in [-0.1, -0.05) is 30.3 Å². The van der Waals surface area contributed by atoms with Crippen molar-refractivity contribution in [2.45, 2.75) is 51.5 Å². The second kappa shape index (κ2) is 9.61. The monoisotopic (exact) mass is 338 g/mol. The van der Waals surface area contributed by atoms with Gasteiger partial charge in [-0.05, 0) is 33.3 Å². The Morgan fingerprint density at radius 2 is 1.88 bits per heavy atom. The summed E-state index contributed by atoms with van der Waals surface area (Å²) in [6.07, 6.45) is -1.08. The number of carbonyl (C=O) groups is 1. The second-order valence-electron chi connectivity index (χ2n) is 6.84. The van der Waals surface area contributed by atoms with Crippen LogP contribution in [0.4, 0.5) is 4.79 Å². The van der Waals surface area contributed by atoms with Gasteiger partial charge in [0.25, 0.3) is 0 Å². The lowest BCUT2D eigenvalue weighted by molar-refractivity contribution is 0.0484. The van der Waals surface area contributed by atoms with E-state index in [0.29, 0.717) is 6.54 Å². The molecular weight excluding hydrogens is 308 g/mol. The number of hydrogen-bond donors (Lipinski definition) is 3. The molecule has 0 radical (unpaired) electrons. The van der Waals surface area contributed by atoms with Crippen molar-refractivity contribution in [3.05, 3.63) is 35.9 Å². The maximum atomic E-state index is 12.0. The maximum Gasteiger partial charge on any atom is 0.407 e. The Bertz CT molecular complexity index is 488. The normalized spacial score (nSPS) is 15.4. The van der Waals surface area contributed by atoms with E-state index in [1.165, 1.54) is 0 Å². The molecule has 1 amide bonds. The van der Waals surface area contributed by atoms with Crippen LogP contribution in [-0.2, 0) is 9.47 Å². The van der Waals surface area contributed by atoms with Crippen LogP contribution in [0.1, 0.15) is 39.3 Å². The average molecular weight is 338 g/mol. The van der Waals surface area contributed by atoms with Gasteiger partial charge in [0, 0.05) is 19.7 Å². The highest BCUT2D eigenvalue weighted by Crippen LogP contribution is 2.17. The minimum atomic E-state index is -0.616. The lowest BCUT2D eigenvalue weighted by Crippen LogP contribution is -2.46. The molecular formula is C18H30N2O4. The van der Waals surface area contributed by atoms with Crippen molar-refractivity contribution in [2.24, 2.45) is 0 Å². The molecule has 24 heavy (non-hydrogen) atoms. The van der Waals surface area contributed by atoms with E-state index in [1.807, 2.05) is 58.0 Å². The van der Waals surface area contributed by atoms with Crippen molar-refractivity contribution < 1.29 is 19.4 Å². The number of ether oxygens (including phenoxy) is 2. The number of amides is 1. The number of rotatable bonds is 8. The van der Waals surface area contributed by atoms with Crippen LogP contribution in [0.15, 0.2) is 30.3 Å². The van der Waals surface area contributed by atoms with Crippen molar-refractivity contribution >= 4 is 6.09 Å². The Kier molecular flexibility index (Phi) is 8.18. The molecule has 3 unspecified atom stereocenters. The summed E-state index contributed by atoms with van der Waals surface area (Å²) in [4.78, 5) is 12.0. The molecule has 0 spiro atoms. The molecule has 0 saturated carbocycles. The first kappa shape index (κ1) is 20.4. The second-order valence-corrected chi connectivity index (χ2v) is 6.84. The molecule has 6 nitrogen and oxygen atoms in total. The molecule has 0 aliphatic heterocycles. The fourth-order valence-corrected chi connectivity index (χ4v) is 2.33. The van der Waals surface area contributed by atoms with Crippen LogP contribution >= 0.6 is 0 Å². The summed E-state index contributed by atoms with van der Waals surface area (Å²) in [7, 11) is 1.55. The Hall–Kier alpha value is -1.63. The van der Waals surface area contributed by atoms with E-state index in [0.717, 1.165) is 5.56 Å². The molecule has 0 heterocycles. The maximum absolute atomic E-state index is 12.0. The number of hydrogen-bond acceptors (Lipinski definition) is 5. The van der Waals surface area contributed by atoms with E-state index in [2.05, 4.69) is 10.6 Å². The van der Waals surface area contributed by atoms with E-state index in [4.69, 9.17) is 9.47 Å². The molecule has 0 aromatic heterocycles. The van der Waals surface area contributed by atoms with Crippen LogP contribution in [-0.4, -0.2) is 49.2 Å². The predicted octanol–water partition coefficient (Wildman–Crippen LogP) is 2.24. The molecule has 3 N–H and O–H groups in total. The van der Waals surface area contributed by atoms with Gasteiger partial charge in [-0.15, -0.1) is 0 Å².